The van der Waals surface area contributed by atoms with Gasteiger partial charge in [0.1, 0.15) is 0 Å². The van der Waals surface area contributed by atoms with Crippen molar-refractivity contribution in [1.29, 1.82) is 0 Å². The zero-order valence-electron chi connectivity index (χ0n) is 17.5. The van der Waals surface area contributed by atoms with Crippen molar-refractivity contribution < 1.29 is 28.6 Å². The van der Waals surface area contributed by atoms with E-state index in [1.807, 2.05) is 18.2 Å². The Bertz CT molecular complexity index is 766. The third-order valence-corrected chi connectivity index (χ3v) is 5.24. The van der Waals surface area contributed by atoms with E-state index >= 15 is 0 Å². The van der Waals surface area contributed by atoms with Crippen LogP contribution in [0.5, 0.6) is 17.2 Å². The largest absolute Gasteiger partial charge is 0.493 e. The molecule has 0 aliphatic rings. The Labute approximate surface area is 167 Å². The molecule has 0 bridgehead atoms. The van der Waals surface area contributed by atoms with Gasteiger partial charge in [-0.15, -0.1) is 0 Å². The summed E-state index contributed by atoms with van der Waals surface area (Å²) in [4.78, 5) is 14.0. The van der Waals surface area contributed by atoms with Gasteiger partial charge >= 0.3 is 5.97 Å². The van der Waals surface area contributed by atoms with Crippen LogP contribution in [0.15, 0.2) is 42.5 Å². The molecule has 0 saturated carbocycles. The molecule has 6 nitrogen and oxygen atoms in total. The van der Waals surface area contributed by atoms with E-state index in [0.717, 1.165) is 12.0 Å². The Morgan fingerprint density at radius 2 is 1.54 bits per heavy atom. The van der Waals surface area contributed by atoms with E-state index in [4.69, 9.17) is 18.9 Å². The summed E-state index contributed by atoms with van der Waals surface area (Å²) in [6.45, 7) is 2.36. The van der Waals surface area contributed by atoms with Gasteiger partial charge in [0.2, 0.25) is 5.75 Å². The first-order valence-corrected chi connectivity index (χ1v) is 9.26. The minimum absolute atomic E-state index is 0.255. The fraction of sp³-hybridized carbons (Fsp3) is 0.409. The predicted molar refractivity (Wildman–Crippen MR) is 108 cm³/mol. The second kappa shape index (κ2) is 9.46. The molecule has 0 aliphatic carbocycles. The second-order valence-corrected chi connectivity index (χ2v) is 6.79. The molecular formula is C22H30NO5+. The van der Waals surface area contributed by atoms with Gasteiger partial charge in [0.05, 0.1) is 41.0 Å². The molecule has 28 heavy (non-hydrogen) atoms. The van der Waals surface area contributed by atoms with Crippen LogP contribution in [0.25, 0.3) is 0 Å². The molecule has 1 N–H and O–H groups in total. The smallest absolute Gasteiger partial charge is 0.338 e. The number of carbonyl (C=O) groups is 1. The molecule has 0 amide bonds. The van der Waals surface area contributed by atoms with Gasteiger partial charge in [-0.2, -0.15) is 0 Å². The third-order valence-electron chi connectivity index (χ3n) is 5.24. The lowest BCUT2D eigenvalue weighted by Gasteiger charge is -2.35. The maximum absolute atomic E-state index is 12.8. The van der Waals surface area contributed by atoms with Crippen molar-refractivity contribution in [3.8, 4) is 17.2 Å². The lowest BCUT2D eigenvalue weighted by atomic mass is 9.87. The first-order chi connectivity index (χ1) is 13.4. The Hall–Kier alpha value is -2.73. The predicted octanol–water partition coefficient (Wildman–Crippen LogP) is 2.32. The molecule has 0 aromatic heterocycles. The van der Waals surface area contributed by atoms with E-state index < -0.39 is 5.97 Å². The molecule has 2 rings (SSSR count). The monoisotopic (exact) mass is 388 g/mol. The molecule has 0 spiro atoms. The van der Waals surface area contributed by atoms with Gasteiger partial charge in [-0.05, 0) is 12.1 Å². The summed E-state index contributed by atoms with van der Waals surface area (Å²) < 4.78 is 21.7. The maximum Gasteiger partial charge on any atom is 0.338 e. The number of hydrogen-bond donors (Lipinski definition) is 1. The highest BCUT2D eigenvalue weighted by Crippen LogP contribution is 2.38. The highest BCUT2D eigenvalue weighted by atomic mass is 16.5. The lowest BCUT2D eigenvalue weighted by molar-refractivity contribution is -0.925. The van der Waals surface area contributed by atoms with Crippen LogP contribution in [0.4, 0.5) is 0 Å². The number of benzene rings is 2. The Balaban J connectivity index is 2.31. The van der Waals surface area contributed by atoms with Gasteiger partial charge in [-0.3, -0.25) is 0 Å². The van der Waals surface area contributed by atoms with Gasteiger partial charge < -0.3 is 23.8 Å². The summed E-state index contributed by atoms with van der Waals surface area (Å²) >= 11 is 0. The third kappa shape index (κ3) is 4.22. The van der Waals surface area contributed by atoms with E-state index in [2.05, 4.69) is 33.2 Å². The molecule has 1 atom stereocenters. The molecule has 6 heteroatoms. The summed E-state index contributed by atoms with van der Waals surface area (Å²) in [5.41, 5.74) is 1.15. The molecule has 0 fully saturated rings. The van der Waals surface area contributed by atoms with Crippen LogP contribution in [0.1, 0.15) is 29.3 Å². The van der Waals surface area contributed by atoms with Crippen LogP contribution in [0.2, 0.25) is 0 Å². The van der Waals surface area contributed by atoms with Gasteiger partial charge in [-0.1, -0.05) is 37.3 Å². The number of nitrogens with one attached hydrogen (secondary N) is 1. The summed E-state index contributed by atoms with van der Waals surface area (Å²) in [5.74, 6) is 0.828. The number of esters is 1. The minimum Gasteiger partial charge on any atom is -0.493 e. The van der Waals surface area contributed by atoms with Crippen LogP contribution >= 0.6 is 0 Å². The number of ether oxygens (including phenoxy) is 4. The Kier molecular flexibility index (Phi) is 7.29. The normalized spacial score (nSPS) is 13.0. The molecule has 0 radical (unpaired) electrons. The number of hydrogen-bond acceptors (Lipinski definition) is 5. The summed E-state index contributed by atoms with van der Waals surface area (Å²) in [7, 11) is 8.69. The average molecular weight is 388 g/mol. The van der Waals surface area contributed by atoms with Crippen LogP contribution in [-0.2, 0) is 10.3 Å². The molecule has 1 unspecified atom stereocenters. The van der Waals surface area contributed by atoms with E-state index in [1.165, 1.54) is 26.2 Å². The number of likely N-dealkylation sites (N-methyl/N-ethyl adjacent to an activating group) is 1. The number of methoxy groups -OCH3 is 3. The molecule has 0 aliphatic heterocycles. The van der Waals surface area contributed by atoms with Crippen LogP contribution < -0.4 is 19.1 Å². The molecule has 0 heterocycles. The van der Waals surface area contributed by atoms with Crippen LogP contribution in [0.3, 0.4) is 0 Å². The first kappa shape index (κ1) is 21.6. The topological polar surface area (TPSA) is 58.4 Å². The van der Waals surface area contributed by atoms with E-state index in [0.29, 0.717) is 22.8 Å². The highest BCUT2D eigenvalue weighted by molar-refractivity contribution is 5.91. The highest BCUT2D eigenvalue weighted by Gasteiger charge is 2.38. The second-order valence-electron chi connectivity index (χ2n) is 6.79. The SMILES string of the molecule is CCC(COC(=O)c1cc(OC)c(OC)c(OC)c1)(c1ccccc1)[NH+](C)C. The molecule has 2 aromatic rings. The van der Waals surface area contributed by atoms with Crippen molar-refractivity contribution in [2.75, 3.05) is 42.0 Å². The van der Waals surface area contributed by atoms with Crippen molar-refractivity contribution in [3.05, 3.63) is 53.6 Å². The average Bonchev–Trinajstić information content (AvgIpc) is 2.73. The van der Waals surface area contributed by atoms with Crippen molar-refractivity contribution in [3.63, 3.8) is 0 Å². The standard InChI is InChI=1S/C22H29NO5/c1-7-22(23(2)3,17-11-9-8-10-12-17)15-28-21(24)16-13-18(25-4)20(27-6)19(14-16)26-5/h8-14H,7,15H2,1-6H3/p+1. The van der Waals surface area contributed by atoms with Crippen molar-refractivity contribution >= 4 is 5.97 Å². The quantitative estimate of drug-likeness (QED) is 0.668. The summed E-state index contributed by atoms with van der Waals surface area (Å²) in [6.07, 6.45) is 0.821. The van der Waals surface area contributed by atoms with E-state index in [-0.39, 0.29) is 12.1 Å². The van der Waals surface area contributed by atoms with Gasteiger partial charge in [-0.25, -0.2) is 4.79 Å². The number of rotatable bonds is 9. The van der Waals surface area contributed by atoms with Crippen molar-refractivity contribution in [2.24, 2.45) is 0 Å². The fourth-order valence-electron chi connectivity index (χ4n) is 3.40. The Morgan fingerprint density at radius 1 is 0.964 bits per heavy atom. The van der Waals surface area contributed by atoms with E-state index in [1.54, 1.807) is 12.1 Å². The molecule has 152 valence electrons. The van der Waals surface area contributed by atoms with Crippen LogP contribution in [-0.4, -0.2) is 48.0 Å². The first-order valence-electron chi connectivity index (χ1n) is 9.26. The lowest BCUT2D eigenvalue weighted by Crippen LogP contribution is -3.14. The number of carbonyl (C=O) groups excluding carboxylic acids is 1. The Morgan fingerprint density at radius 3 is 1.96 bits per heavy atom. The van der Waals surface area contributed by atoms with Crippen molar-refractivity contribution in [2.45, 2.75) is 18.9 Å². The maximum atomic E-state index is 12.8. The zero-order chi connectivity index (χ0) is 20.7. The molecule has 0 saturated heterocycles. The minimum atomic E-state index is -0.436. The van der Waals surface area contributed by atoms with Crippen LogP contribution in [0, 0.1) is 0 Å². The van der Waals surface area contributed by atoms with E-state index in [9.17, 15) is 4.79 Å². The molecule has 2 aromatic carbocycles. The van der Waals surface area contributed by atoms with Gasteiger partial charge in [0, 0.05) is 12.0 Å². The number of quaternary nitrogens is 1. The fourth-order valence-corrected chi connectivity index (χ4v) is 3.40. The van der Waals surface area contributed by atoms with Gasteiger partial charge in [0.15, 0.2) is 23.6 Å². The van der Waals surface area contributed by atoms with Gasteiger partial charge in [0.25, 0.3) is 0 Å². The zero-order valence-corrected chi connectivity index (χ0v) is 17.5. The summed E-state index contributed by atoms with van der Waals surface area (Å²) in [6, 6.07) is 13.3. The summed E-state index contributed by atoms with van der Waals surface area (Å²) in [5, 5.41) is 0. The molecular weight excluding hydrogens is 358 g/mol. The van der Waals surface area contributed by atoms with Crippen molar-refractivity contribution in [1.82, 2.24) is 0 Å².